The molecule has 2 aliphatic heterocycles. The summed E-state index contributed by atoms with van der Waals surface area (Å²) >= 11 is 0. The fourth-order valence-electron chi connectivity index (χ4n) is 7.48. The smallest absolute Gasteiger partial charge is 0.258 e. The van der Waals surface area contributed by atoms with Gasteiger partial charge in [-0.1, -0.05) is 49.7 Å². The fourth-order valence-corrected chi connectivity index (χ4v) is 7.48. The number of amides is 2. The number of imidazole rings is 1. The zero-order chi connectivity index (χ0) is 35.9. The van der Waals surface area contributed by atoms with Crippen molar-refractivity contribution in [1.29, 1.82) is 0 Å². The van der Waals surface area contributed by atoms with Crippen LogP contribution in [-0.2, 0) is 13.0 Å². The molecule has 2 amide bonds. The van der Waals surface area contributed by atoms with E-state index in [1.54, 1.807) is 48.5 Å². The van der Waals surface area contributed by atoms with Crippen molar-refractivity contribution in [3.05, 3.63) is 132 Å². The van der Waals surface area contributed by atoms with E-state index in [4.69, 9.17) is 4.74 Å². The third-order valence-electron chi connectivity index (χ3n) is 10.4. The van der Waals surface area contributed by atoms with Crippen molar-refractivity contribution in [3.8, 4) is 11.4 Å². The van der Waals surface area contributed by atoms with Crippen LogP contribution in [-0.4, -0.2) is 65.5 Å². The maximum absolute atomic E-state index is 13.6. The maximum atomic E-state index is 13.6. The predicted octanol–water partition coefficient (Wildman–Crippen LogP) is 8.00. The minimum atomic E-state index is -0.240. The first-order chi connectivity index (χ1) is 25.5. The molecule has 1 N–H and O–H groups in total. The first-order valence-electron chi connectivity index (χ1n) is 18.6. The molecule has 2 fully saturated rings. The number of aromatic nitrogens is 2. The molecule has 0 aliphatic carbocycles. The van der Waals surface area contributed by atoms with Gasteiger partial charge in [-0.2, -0.15) is 0 Å². The molecule has 9 nitrogen and oxygen atoms in total. The number of carbonyl (C=O) groups is 2. The Balaban J connectivity index is 0.946. The third kappa shape index (κ3) is 7.90. The van der Waals surface area contributed by atoms with Crippen LogP contribution in [0.3, 0.4) is 0 Å². The van der Waals surface area contributed by atoms with Gasteiger partial charge in [-0.25, -0.2) is 4.98 Å². The van der Waals surface area contributed by atoms with Gasteiger partial charge >= 0.3 is 0 Å². The van der Waals surface area contributed by atoms with E-state index in [1.165, 1.54) is 50.9 Å². The van der Waals surface area contributed by atoms with E-state index >= 15 is 0 Å². The van der Waals surface area contributed by atoms with E-state index < -0.39 is 0 Å². The number of benzene rings is 4. The number of aryl methyl sites for hydroxylation is 1. The normalized spacial score (nSPS) is 15.3. The quantitative estimate of drug-likeness (QED) is 0.151. The van der Waals surface area contributed by atoms with Gasteiger partial charge in [0.15, 0.2) is 0 Å². The van der Waals surface area contributed by atoms with E-state index in [2.05, 4.69) is 44.4 Å². The van der Waals surface area contributed by atoms with Gasteiger partial charge in [0.1, 0.15) is 18.2 Å². The van der Waals surface area contributed by atoms with Crippen molar-refractivity contribution in [3.63, 3.8) is 0 Å². The average molecular weight is 697 g/mol. The van der Waals surface area contributed by atoms with Crippen molar-refractivity contribution in [1.82, 2.24) is 14.5 Å². The molecule has 3 heterocycles. The molecule has 0 saturated carbocycles. The van der Waals surface area contributed by atoms with Crippen molar-refractivity contribution in [2.24, 2.45) is 0 Å². The largest absolute Gasteiger partial charge is 0.487 e. The van der Waals surface area contributed by atoms with E-state index in [9.17, 15) is 9.59 Å². The summed E-state index contributed by atoms with van der Waals surface area (Å²) in [6.07, 6.45) is 10.9. The molecule has 52 heavy (non-hydrogen) atoms. The number of nitrogens with one attached hydrogen (secondary N) is 1. The number of nitrogens with zero attached hydrogens (tertiary/aromatic N) is 5. The average Bonchev–Trinajstić information content (AvgIpc) is 3.70. The molecule has 2 aliphatic rings. The van der Waals surface area contributed by atoms with Crippen LogP contribution in [0.1, 0.15) is 71.1 Å². The Labute approximate surface area is 306 Å². The molecule has 9 heteroatoms. The summed E-state index contributed by atoms with van der Waals surface area (Å²) in [5.41, 5.74) is 5.41. The third-order valence-corrected chi connectivity index (χ3v) is 10.4. The van der Waals surface area contributed by atoms with E-state index in [-0.39, 0.29) is 11.8 Å². The van der Waals surface area contributed by atoms with Gasteiger partial charge in [-0.15, -0.1) is 0 Å². The molecule has 1 aromatic heterocycles. The summed E-state index contributed by atoms with van der Waals surface area (Å²) in [5, 5.41) is 2.98. The van der Waals surface area contributed by atoms with Gasteiger partial charge in [0.2, 0.25) is 0 Å². The molecular weight excluding hydrogens is 649 g/mol. The highest BCUT2D eigenvalue weighted by Gasteiger charge is 2.26. The number of anilines is 3. The minimum absolute atomic E-state index is 0.181. The second kappa shape index (κ2) is 16.3. The highest BCUT2D eigenvalue weighted by Crippen LogP contribution is 2.30. The summed E-state index contributed by atoms with van der Waals surface area (Å²) in [6, 6.07) is 31.4. The monoisotopic (exact) mass is 696 g/mol. The van der Waals surface area contributed by atoms with Gasteiger partial charge < -0.3 is 29.3 Å². The Morgan fingerprint density at radius 3 is 2.31 bits per heavy atom. The number of carbonyl (C=O) groups excluding carboxylic acids is 2. The Bertz CT molecular complexity index is 1960. The van der Waals surface area contributed by atoms with Gasteiger partial charge in [0.05, 0.1) is 16.9 Å². The number of hydrogen-bond acceptors (Lipinski definition) is 6. The summed E-state index contributed by atoms with van der Waals surface area (Å²) in [6.45, 7) is 7.17. The first-order valence-corrected chi connectivity index (χ1v) is 18.6. The lowest BCUT2D eigenvalue weighted by atomic mass is 9.99. The number of hydrogen-bond donors (Lipinski definition) is 1. The molecule has 0 bridgehead atoms. The standard InChI is InChI=1S/C43H48N6O3/c1-3-41-44-25-30-49(41)38-12-6-5-11-37(38)42(50)45-34-19-17-33(18-20-34)43(51)46(2)39-13-7-8-14-40(39)52-31-32-15-21-35(22-16-32)48-28-23-36(24-29-48)47-26-9-4-10-27-47/h5-8,11-22,25,30,36H,3-4,9-10,23-24,26-29,31H2,1-2H3,(H,45,50). The van der Waals surface area contributed by atoms with Gasteiger partial charge in [0, 0.05) is 61.9 Å². The van der Waals surface area contributed by atoms with Crippen molar-refractivity contribution in [2.75, 3.05) is 48.3 Å². The molecule has 268 valence electrons. The fraction of sp³-hybridized carbons (Fsp3) is 0.326. The van der Waals surface area contributed by atoms with Gasteiger partial charge in [-0.3, -0.25) is 9.59 Å². The highest BCUT2D eigenvalue weighted by atomic mass is 16.5. The van der Waals surface area contributed by atoms with E-state index in [0.29, 0.717) is 34.9 Å². The van der Waals surface area contributed by atoms with Crippen LogP contribution in [0.2, 0.25) is 0 Å². The van der Waals surface area contributed by atoms with Crippen LogP contribution in [0.15, 0.2) is 109 Å². The number of likely N-dealkylation sites (tertiary alicyclic amines) is 1. The summed E-state index contributed by atoms with van der Waals surface area (Å²) in [7, 11) is 1.75. The lowest BCUT2D eigenvalue weighted by molar-refractivity contribution is 0.0990. The zero-order valence-corrected chi connectivity index (χ0v) is 30.2. The van der Waals surface area contributed by atoms with Crippen LogP contribution in [0, 0.1) is 0 Å². The summed E-state index contributed by atoms with van der Waals surface area (Å²) in [5.74, 6) is 1.09. The molecule has 4 aromatic carbocycles. The number of ether oxygens (including phenoxy) is 1. The van der Waals surface area contributed by atoms with Crippen LogP contribution in [0.25, 0.3) is 5.69 Å². The highest BCUT2D eigenvalue weighted by molar-refractivity contribution is 6.08. The lowest BCUT2D eigenvalue weighted by Gasteiger charge is -2.41. The molecule has 5 aromatic rings. The first kappa shape index (κ1) is 35.0. The van der Waals surface area contributed by atoms with Crippen molar-refractivity contribution >= 4 is 28.9 Å². The molecule has 7 rings (SSSR count). The second-order valence-corrected chi connectivity index (χ2v) is 13.7. The lowest BCUT2D eigenvalue weighted by Crippen LogP contribution is -2.46. The van der Waals surface area contributed by atoms with E-state index in [1.807, 2.05) is 60.2 Å². The van der Waals surface area contributed by atoms with Crippen LogP contribution in [0.5, 0.6) is 5.75 Å². The molecule has 0 radical (unpaired) electrons. The minimum Gasteiger partial charge on any atom is -0.487 e. The number of rotatable bonds is 11. The van der Waals surface area contributed by atoms with Crippen molar-refractivity contribution < 1.29 is 14.3 Å². The number of piperidine rings is 2. The molecule has 0 unspecified atom stereocenters. The van der Waals surface area contributed by atoms with Crippen molar-refractivity contribution in [2.45, 2.75) is 58.1 Å². The molecule has 0 spiro atoms. The van der Waals surface area contributed by atoms with Gasteiger partial charge in [-0.05, 0) is 105 Å². The SMILES string of the molecule is CCc1nccn1-c1ccccc1C(=O)Nc1ccc(C(=O)N(C)c2ccccc2OCc2ccc(N3CCC(N4CCCCC4)CC3)cc2)cc1. The zero-order valence-electron chi connectivity index (χ0n) is 30.2. The Morgan fingerprint density at radius 2 is 1.56 bits per heavy atom. The maximum Gasteiger partial charge on any atom is 0.258 e. The summed E-state index contributed by atoms with van der Waals surface area (Å²) < 4.78 is 8.22. The van der Waals surface area contributed by atoms with Crippen LogP contribution >= 0.6 is 0 Å². The summed E-state index contributed by atoms with van der Waals surface area (Å²) in [4.78, 5) is 38.2. The Morgan fingerprint density at radius 1 is 0.846 bits per heavy atom. The van der Waals surface area contributed by atoms with Crippen LogP contribution in [0.4, 0.5) is 17.1 Å². The molecule has 0 atom stereocenters. The van der Waals surface area contributed by atoms with Crippen LogP contribution < -0.4 is 19.9 Å². The second-order valence-electron chi connectivity index (χ2n) is 13.7. The molecular formula is C43H48N6O3. The Kier molecular flexibility index (Phi) is 11.0. The number of para-hydroxylation sites is 3. The topological polar surface area (TPSA) is 82.9 Å². The Hall–Kier alpha value is -5.41. The molecule has 2 saturated heterocycles. The predicted molar refractivity (Wildman–Crippen MR) is 208 cm³/mol. The van der Waals surface area contributed by atoms with E-state index in [0.717, 1.165) is 42.6 Å². The van der Waals surface area contributed by atoms with Gasteiger partial charge in [0.25, 0.3) is 11.8 Å².